The Morgan fingerprint density at radius 2 is 2.00 bits per heavy atom. The van der Waals surface area contributed by atoms with Gasteiger partial charge in [-0.3, -0.25) is 9.59 Å². The molecule has 0 saturated heterocycles. The largest absolute Gasteiger partial charge is 0.497 e. The van der Waals surface area contributed by atoms with E-state index in [1.54, 1.807) is 31.4 Å². The third-order valence-corrected chi connectivity index (χ3v) is 5.62. The van der Waals surface area contributed by atoms with Crippen LogP contribution in [0.15, 0.2) is 52.6 Å². The van der Waals surface area contributed by atoms with E-state index in [2.05, 4.69) is 15.5 Å². The van der Waals surface area contributed by atoms with Crippen molar-refractivity contribution in [2.24, 2.45) is 0 Å². The smallest absolute Gasteiger partial charge is 0.293 e. The number of carbonyl (C=O) groups is 1. The van der Waals surface area contributed by atoms with Gasteiger partial charge in [0.05, 0.1) is 12.8 Å². The predicted octanol–water partition coefficient (Wildman–Crippen LogP) is 2.30. The second-order valence-electron chi connectivity index (χ2n) is 6.74. The van der Waals surface area contributed by atoms with Crippen molar-refractivity contribution in [1.29, 1.82) is 0 Å². The number of aryl methyl sites for hydroxylation is 1. The molecule has 0 aliphatic heterocycles. The van der Waals surface area contributed by atoms with E-state index in [1.807, 2.05) is 41.8 Å². The molecule has 30 heavy (non-hydrogen) atoms. The molecule has 4 rings (SSSR count). The molecule has 9 heteroatoms. The highest BCUT2D eigenvalue weighted by atomic mass is 32.1. The Hall–Kier alpha value is -3.46. The van der Waals surface area contributed by atoms with Crippen molar-refractivity contribution >= 4 is 22.8 Å². The summed E-state index contributed by atoms with van der Waals surface area (Å²) in [6, 6.07) is 13.2. The zero-order chi connectivity index (χ0) is 21.1. The maximum atomic E-state index is 12.9. The Morgan fingerprint density at radius 1 is 1.20 bits per heavy atom. The number of benzene rings is 1. The summed E-state index contributed by atoms with van der Waals surface area (Å²) in [5.41, 5.74) is 1.52. The number of thiophene rings is 1. The van der Waals surface area contributed by atoms with Gasteiger partial charge in [0.15, 0.2) is 0 Å². The summed E-state index contributed by atoms with van der Waals surface area (Å²) in [4.78, 5) is 26.4. The lowest BCUT2D eigenvalue weighted by atomic mass is 10.1. The van der Waals surface area contributed by atoms with Crippen LogP contribution in [0, 0.1) is 6.92 Å². The molecule has 3 heterocycles. The predicted molar refractivity (Wildman–Crippen MR) is 115 cm³/mol. The monoisotopic (exact) mass is 423 g/mol. The normalized spacial score (nSPS) is 11.0. The molecule has 8 nitrogen and oxygen atoms in total. The zero-order valence-electron chi connectivity index (χ0n) is 16.7. The van der Waals surface area contributed by atoms with Gasteiger partial charge in [0.25, 0.3) is 5.56 Å². The van der Waals surface area contributed by atoms with Crippen LogP contribution in [0.3, 0.4) is 0 Å². The first kappa shape index (κ1) is 19.8. The van der Waals surface area contributed by atoms with Gasteiger partial charge >= 0.3 is 0 Å². The SMILES string of the molecule is COc1ccc(-c2cc3c(=O)n(CC(=O)NCCc4cccs4)nc(C)n3n2)cc1. The highest BCUT2D eigenvalue weighted by molar-refractivity contribution is 7.09. The number of ether oxygens (including phenoxy) is 1. The summed E-state index contributed by atoms with van der Waals surface area (Å²) >= 11 is 1.65. The minimum atomic E-state index is -0.360. The molecule has 1 N–H and O–H groups in total. The number of methoxy groups -OCH3 is 1. The van der Waals surface area contributed by atoms with Crippen molar-refractivity contribution < 1.29 is 9.53 Å². The highest BCUT2D eigenvalue weighted by Gasteiger charge is 2.14. The van der Waals surface area contributed by atoms with E-state index in [1.165, 1.54) is 14.1 Å². The molecular formula is C21H21N5O3S. The number of hydrogen-bond acceptors (Lipinski definition) is 6. The molecule has 0 bridgehead atoms. The van der Waals surface area contributed by atoms with Crippen LogP contribution in [-0.4, -0.2) is 39.0 Å². The molecule has 0 atom stereocenters. The van der Waals surface area contributed by atoms with E-state index in [-0.39, 0.29) is 18.0 Å². The molecule has 154 valence electrons. The van der Waals surface area contributed by atoms with E-state index in [0.717, 1.165) is 17.7 Å². The maximum absolute atomic E-state index is 12.9. The van der Waals surface area contributed by atoms with Gasteiger partial charge in [-0.25, -0.2) is 9.20 Å². The second-order valence-corrected chi connectivity index (χ2v) is 7.78. The molecule has 0 saturated carbocycles. The van der Waals surface area contributed by atoms with Crippen LogP contribution in [0.5, 0.6) is 5.75 Å². The number of aromatic nitrogens is 4. The van der Waals surface area contributed by atoms with E-state index in [9.17, 15) is 9.59 Å². The van der Waals surface area contributed by atoms with Crippen molar-refractivity contribution in [2.75, 3.05) is 13.7 Å². The van der Waals surface area contributed by atoms with Crippen LogP contribution in [0.4, 0.5) is 0 Å². The topological polar surface area (TPSA) is 90.5 Å². The van der Waals surface area contributed by atoms with Crippen LogP contribution >= 0.6 is 11.3 Å². The molecule has 0 aliphatic carbocycles. The molecule has 4 aromatic rings. The molecular weight excluding hydrogens is 402 g/mol. The fourth-order valence-corrected chi connectivity index (χ4v) is 3.87. The van der Waals surface area contributed by atoms with Crippen LogP contribution in [0.25, 0.3) is 16.8 Å². The highest BCUT2D eigenvalue weighted by Crippen LogP contribution is 2.21. The lowest BCUT2D eigenvalue weighted by Crippen LogP contribution is -2.35. The van der Waals surface area contributed by atoms with Gasteiger partial charge in [0, 0.05) is 17.0 Å². The van der Waals surface area contributed by atoms with Crippen LogP contribution in [0.2, 0.25) is 0 Å². The minimum absolute atomic E-state index is 0.135. The third-order valence-electron chi connectivity index (χ3n) is 4.69. The van der Waals surface area contributed by atoms with E-state index < -0.39 is 0 Å². The van der Waals surface area contributed by atoms with Gasteiger partial charge in [-0.2, -0.15) is 10.2 Å². The Balaban J connectivity index is 1.53. The Labute approximate surface area is 176 Å². The fourth-order valence-electron chi connectivity index (χ4n) is 3.16. The second kappa shape index (κ2) is 8.50. The summed E-state index contributed by atoms with van der Waals surface area (Å²) in [6.07, 6.45) is 0.762. The van der Waals surface area contributed by atoms with Gasteiger partial charge in [0.1, 0.15) is 23.6 Å². The first-order chi connectivity index (χ1) is 14.5. The van der Waals surface area contributed by atoms with Crippen LogP contribution in [-0.2, 0) is 17.8 Å². The number of rotatable bonds is 7. The maximum Gasteiger partial charge on any atom is 0.293 e. The standard InChI is InChI=1S/C21H21N5O3S/c1-14-23-25(13-20(27)22-10-9-17-4-3-11-30-17)21(28)19-12-18(24-26(14)19)15-5-7-16(29-2)8-6-15/h3-8,11-12H,9-10,13H2,1-2H3,(H,22,27). The molecule has 1 amide bonds. The Morgan fingerprint density at radius 3 is 2.70 bits per heavy atom. The summed E-state index contributed by atoms with van der Waals surface area (Å²) in [5, 5.41) is 13.6. The number of carbonyl (C=O) groups excluding carboxylic acids is 1. The molecule has 0 radical (unpaired) electrons. The summed E-state index contributed by atoms with van der Waals surface area (Å²) in [6.45, 7) is 2.13. The number of hydrogen-bond donors (Lipinski definition) is 1. The molecule has 3 aromatic heterocycles. The molecule has 0 fully saturated rings. The van der Waals surface area contributed by atoms with Crippen molar-refractivity contribution in [3.8, 4) is 17.0 Å². The van der Waals surface area contributed by atoms with Crippen LogP contribution < -0.4 is 15.6 Å². The lowest BCUT2D eigenvalue weighted by molar-refractivity contribution is -0.121. The zero-order valence-corrected chi connectivity index (χ0v) is 17.5. The summed E-state index contributed by atoms with van der Waals surface area (Å²) < 4.78 is 7.87. The number of amides is 1. The first-order valence-corrected chi connectivity index (χ1v) is 10.3. The molecule has 0 aliphatic rings. The van der Waals surface area contributed by atoms with Crippen LogP contribution in [0.1, 0.15) is 10.7 Å². The van der Waals surface area contributed by atoms with Gasteiger partial charge in [-0.15, -0.1) is 11.3 Å². The number of nitrogens with zero attached hydrogens (tertiary/aromatic N) is 4. The lowest BCUT2D eigenvalue weighted by Gasteiger charge is -2.08. The molecule has 1 aromatic carbocycles. The Kier molecular flexibility index (Phi) is 5.62. The first-order valence-electron chi connectivity index (χ1n) is 9.46. The van der Waals surface area contributed by atoms with E-state index in [4.69, 9.17) is 4.74 Å². The van der Waals surface area contributed by atoms with Gasteiger partial charge < -0.3 is 10.1 Å². The number of fused-ring (bicyclic) bond motifs is 1. The van der Waals surface area contributed by atoms with Crippen molar-refractivity contribution in [2.45, 2.75) is 19.9 Å². The van der Waals surface area contributed by atoms with Crippen molar-refractivity contribution in [3.63, 3.8) is 0 Å². The summed E-state index contributed by atoms with van der Waals surface area (Å²) in [5.74, 6) is 1.02. The van der Waals surface area contributed by atoms with E-state index >= 15 is 0 Å². The van der Waals surface area contributed by atoms with Gasteiger partial charge in [-0.05, 0) is 55.1 Å². The van der Waals surface area contributed by atoms with Gasteiger partial charge in [0.2, 0.25) is 5.91 Å². The fraction of sp³-hybridized carbons (Fsp3) is 0.238. The molecule has 0 spiro atoms. The Bertz CT molecular complexity index is 1230. The summed E-state index contributed by atoms with van der Waals surface area (Å²) in [7, 11) is 1.61. The quantitative estimate of drug-likeness (QED) is 0.493. The van der Waals surface area contributed by atoms with Crippen molar-refractivity contribution in [3.05, 3.63) is 68.9 Å². The molecule has 0 unspecified atom stereocenters. The van der Waals surface area contributed by atoms with E-state index in [0.29, 0.717) is 23.6 Å². The van der Waals surface area contributed by atoms with Crippen molar-refractivity contribution in [1.82, 2.24) is 24.7 Å². The third kappa shape index (κ3) is 4.11. The average Bonchev–Trinajstić information content (AvgIpc) is 3.42. The minimum Gasteiger partial charge on any atom is -0.497 e. The number of nitrogens with one attached hydrogen (secondary N) is 1. The average molecular weight is 423 g/mol. The van der Waals surface area contributed by atoms with Gasteiger partial charge in [-0.1, -0.05) is 6.07 Å².